The van der Waals surface area contributed by atoms with Crippen LogP contribution in [0, 0.1) is 6.92 Å². The fourth-order valence-electron chi connectivity index (χ4n) is 4.58. The van der Waals surface area contributed by atoms with E-state index in [4.69, 9.17) is 9.72 Å². The smallest absolute Gasteiger partial charge is 0.321 e. The van der Waals surface area contributed by atoms with Crippen molar-refractivity contribution < 1.29 is 9.53 Å². The van der Waals surface area contributed by atoms with Gasteiger partial charge in [-0.15, -0.1) is 0 Å². The molecule has 4 aromatic rings. The number of carbonyl (C=O) groups is 1. The highest BCUT2D eigenvalue weighted by atomic mass is 16.5. The molecule has 6 nitrogen and oxygen atoms in total. The van der Waals surface area contributed by atoms with Gasteiger partial charge < -0.3 is 9.64 Å². The molecular weight excluding hydrogens is 436 g/mol. The van der Waals surface area contributed by atoms with E-state index in [1.807, 2.05) is 17.0 Å². The molecule has 1 saturated heterocycles. The Kier molecular flexibility index (Phi) is 6.80. The molecule has 1 aliphatic rings. The monoisotopic (exact) mass is 464 g/mol. The summed E-state index contributed by atoms with van der Waals surface area (Å²) in [5.41, 5.74) is 5.24. The summed E-state index contributed by atoms with van der Waals surface area (Å²) in [6.45, 7) is 3.51. The van der Waals surface area contributed by atoms with Gasteiger partial charge in [-0.05, 0) is 61.7 Å². The normalized spacial score (nSPS) is 15.6. The van der Waals surface area contributed by atoms with Crippen LogP contribution in [-0.2, 0) is 6.42 Å². The highest BCUT2D eigenvalue weighted by Crippen LogP contribution is 2.28. The minimum atomic E-state index is 0.00467. The van der Waals surface area contributed by atoms with Gasteiger partial charge in [0.2, 0.25) is 0 Å². The third-order valence-electron chi connectivity index (χ3n) is 6.26. The Morgan fingerprint density at radius 1 is 1.00 bits per heavy atom. The summed E-state index contributed by atoms with van der Waals surface area (Å²) >= 11 is 0. The molecule has 1 atom stereocenters. The number of pyridine rings is 1. The van der Waals surface area contributed by atoms with Crippen LogP contribution in [0.3, 0.4) is 0 Å². The lowest BCUT2D eigenvalue weighted by Crippen LogP contribution is -2.39. The molecule has 2 aromatic heterocycles. The Morgan fingerprint density at radius 2 is 1.83 bits per heavy atom. The first-order valence-corrected chi connectivity index (χ1v) is 12.0. The molecule has 0 radical (unpaired) electrons. The largest absolute Gasteiger partial charge is 0.424 e. The molecule has 0 saturated carbocycles. The summed E-state index contributed by atoms with van der Waals surface area (Å²) in [5.74, 6) is 0.772. The Bertz CT molecular complexity index is 1310. The quantitative estimate of drug-likeness (QED) is 0.372. The van der Waals surface area contributed by atoms with Gasteiger partial charge in [0.1, 0.15) is 5.75 Å². The molecule has 1 fully saturated rings. The fourth-order valence-corrected chi connectivity index (χ4v) is 4.58. The van der Waals surface area contributed by atoms with Gasteiger partial charge in [-0.1, -0.05) is 42.0 Å². The predicted octanol–water partition coefficient (Wildman–Crippen LogP) is 5.58. The highest BCUT2D eigenvalue weighted by molar-refractivity contribution is 5.94. The summed E-state index contributed by atoms with van der Waals surface area (Å²) in [4.78, 5) is 28.4. The number of benzene rings is 2. The second-order valence-electron chi connectivity index (χ2n) is 8.97. The van der Waals surface area contributed by atoms with Crippen LogP contribution in [0.15, 0.2) is 85.2 Å². The lowest BCUT2D eigenvalue weighted by Gasteiger charge is -2.32. The van der Waals surface area contributed by atoms with Gasteiger partial charge >= 0.3 is 6.01 Å². The number of aromatic nitrogens is 3. The van der Waals surface area contributed by atoms with Crippen molar-refractivity contribution in [2.75, 3.05) is 13.1 Å². The van der Waals surface area contributed by atoms with E-state index in [9.17, 15) is 4.79 Å². The van der Waals surface area contributed by atoms with Crippen molar-refractivity contribution in [2.45, 2.75) is 32.1 Å². The summed E-state index contributed by atoms with van der Waals surface area (Å²) in [6, 6.07) is 24.0. The van der Waals surface area contributed by atoms with E-state index in [-0.39, 0.29) is 17.8 Å². The first-order chi connectivity index (χ1) is 17.1. The second kappa shape index (κ2) is 10.5. The molecule has 3 heterocycles. The molecule has 2 aromatic carbocycles. The number of ether oxygens (including phenoxy) is 1. The first kappa shape index (κ1) is 22.7. The maximum Gasteiger partial charge on any atom is 0.321 e. The van der Waals surface area contributed by atoms with E-state index in [2.05, 4.69) is 59.4 Å². The molecule has 0 bridgehead atoms. The minimum absolute atomic E-state index is 0.00467. The van der Waals surface area contributed by atoms with Crippen LogP contribution < -0.4 is 4.74 Å². The highest BCUT2D eigenvalue weighted by Gasteiger charge is 2.26. The van der Waals surface area contributed by atoms with E-state index in [1.54, 1.807) is 30.6 Å². The first-order valence-electron chi connectivity index (χ1n) is 12.0. The third-order valence-corrected chi connectivity index (χ3v) is 6.26. The van der Waals surface area contributed by atoms with Gasteiger partial charge in [0.25, 0.3) is 5.91 Å². The van der Waals surface area contributed by atoms with Crippen molar-refractivity contribution in [1.82, 2.24) is 19.9 Å². The van der Waals surface area contributed by atoms with Gasteiger partial charge in [0.05, 0.1) is 0 Å². The van der Waals surface area contributed by atoms with Gasteiger partial charge in [-0.25, -0.2) is 9.97 Å². The molecule has 0 N–H and O–H groups in total. The maximum absolute atomic E-state index is 13.3. The molecule has 176 valence electrons. The zero-order valence-electron chi connectivity index (χ0n) is 19.8. The topological polar surface area (TPSA) is 68.2 Å². The predicted molar refractivity (Wildman–Crippen MR) is 135 cm³/mol. The van der Waals surface area contributed by atoms with Crippen molar-refractivity contribution in [3.8, 4) is 11.8 Å². The number of hydrogen-bond donors (Lipinski definition) is 0. The van der Waals surface area contributed by atoms with Crippen LogP contribution in [0.1, 0.15) is 51.6 Å². The molecule has 0 aliphatic carbocycles. The van der Waals surface area contributed by atoms with E-state index in [1.165, 1.54) is 11.1 Å². The van der Waals surface area contributed by atoms with Crippen molar-refractivity contribution in [3.05, 3.63) is 113 Å². The minimum Gasteiger partial charge on any atom is -0.424 e. The molecule has 35 heavy (non-hydrogen) atoms. The Labute approximate surface area is 205 Å². The van der Waals surface area contributed by atoms with Crippen LogP contribution >= 0.6 is 0 Å². The number of piperidine rings is 1. The Balaban J connectivity index is 1.28. The zero-order chi connectivity index (χ0) is 24.0. The average molecular weight is 465 g/mol. The molecule has 0 spiro atoms. The number of nitrogens with zero attached hydrogens (tertiary/aromatic N) is 4. The van der Waals surface area contributed by atoms with E-state index >= 15 is 0 Å². The molecule has 6 heteroatoms. The summed E-state index contributed by atoms with van der Waals surface area (Å²) in [7, 11) is 0. The van der Waals surface area contributed by atoms with E-state index in [0.29, 0.717) is 17.9 Å². The SMILES string of the molecule is Cc1cccc(Cc2cccc([C@H]3CCCN(C(=O)c4cccc(Oc5ncccn5)c4)C3)n2)c1. The number of likely N-dealkylation sites (tertiary alicyclic amines) is 1. The lowest BCUT2D eigenvalue weighted by molar-refractivity contribution is 0.0705. The molecular formula is C29H28N4O2. The second-order valence-corrected chi connectivity index (χ2v) is 8.97. The molecule has 1 amide bonds. The Morgan fingerprint density at radius 3 is 2.69 bits per heavy atom. The average Bonchev–Trinajstić information content (AvgIpc) is 2.89. The van der Waals surface area contributed by atoms with Crippen molar-refractivity contribution >= 4 is 5.91 Å². The summed E-state index contributed by atoms with van der Waals surface area (Å²) in [6.07, 6.45) is 6.03. The number of carbonyl (C=O) groups excluding carboxylic acids is 1. The van der Waals surface area contributed by atoms with Crippen LogP contribution in [-0.4, -0.2) is 38.8 Å². The van der Waals surface area contributed by atoms with Gasteiger partial charge in [-0.3, -0.25) is 9.78 Å². The van der Waals surface area contributed by atoms with Crippen molar-refractivity contribution in [2.24, 2.45) is 0 Å². The van der Waals surface area contributed by atoms with Crippen molar-refractivity contribution in [1.29, 1.82) is 0 Å². The molecule has 5 rings (SSSR count). The number of rotatable bonds is 6. The van der Waals surface area contributed by atoms with Crippen LogP contribution in [0.25, 0.3) is 0 Å². The molecule has 1 aliphatic heterocycles. The number of hydrogen-bond acceptors (Lipinski definition) is 5. The van der Waals surface area contributed by atoms with E-state index in [0.717, 1.165) is 37.2 Å². The third kappa shape index (κ3) is 5.72. The van der Waals surface area contributed by atoms with Gasteiger partial charge in [-0.2, -0.15) is 0 Å². The van der Waals surface area contributed by atoms with Crippen LogP contribution in [0.5, 0.6) is 11.8 Å². The van der Waals surface area contributed by atoms with Crippen LogP contribution in [0.4, 0.5) is 0 Å². The standard InChI is InChI=1S/C29H28N4O2/c1-21-7-2-8-22(17-21)18-25-11-4-13-27(32-25)24-10-5-16-33(20-24)28(34)23-9-3-12-26(19-23)35-29-30-14-6-15-31-29/h2-4,6-9,11-15,17,19,24H,5,10,16,18,20H2,1H3/t24-/m0/s1. The fraction of sp³-hybridized carbons (Fsp3) is 0.241. The number of amides is 1. The van der Waals surface area contributed by atoms with Gasteiger partial charge in [0.15, 0.2) is 0 Å². The van der Waals surface area contributed by atoms with Crippen molar-refractivity contribution in [3.63, 3.8) is 0 Å². The Hall–Kier alpha value is -4.06. The lowest BCUT2D eigenvalue weighted by atomic mass is 9.93. The van der Waals surface area contributed by atoms with Crippen LogP contribution in [0.2, 0.25) is 0 Å². The zero-order valence-corrected chi connectivity index (χ0v) is 19.8. The maximum atomic E-state index is 13.3. The number of aryl methyl sites for hydroxylation is 1. The molecule has 0 unspecified atom stereocenters. The summed E-state index contributed by atoms with van der Waals surface area (Å²) in [5, 5.41) is 0. The van der Waals surface area contributed by atoms with Gasteiger partial charge in [0, 0.05) is 54.8 Å². The van der Waals surface area contributed by atoms with E-state index < -0.39 is 0 Å². The summed E-state index contributed by atoms with van der Waals surface area (Å²) < 4.78 is 5.71.